The molecule has 1 aliphatic heterocycles. The Balaban J connectivity index is 1.51. The fourth-order valence-electron chi connectivity index (χ4n) is 4.79. The number of piperazine rings is 1. The molecule has 1 saturated heterocycles. The molecule has 5 rings (SSSR count). The second kappa shape index (κ2) is 11.0. The summed E-state index contributed by atoms with van der Waals surface area (Å²) in [6.45, 7) is 7.44. The lowest BCUT2D eigenvalue weighted by atomic mass is 9.97. The first-order chi connectivity index (χ1) is 19.1. The van der Waals surface area contributed by atoms with Gasteiger partial charge in [-0.1, -0.05) is 13.0 Å². The van der Waals surface area contributed by atoms with E-state index >= 15 is 4.39 Å². The molecule has 0 spiro atoms. The largest absolute Gasteiger partial charge is 0.369 e. The minimum absolute atomic E-state index is 0.0166. The minimum atomic E-state index is -4.09. The van der Waals surface area contributed by atoms with Gasteiger partial charge in [0.15, 0.2) is 5.82 Å². The summed E-state index contributed by atoms with van der Waals surface area (Å²) in [7, 11) is -2.78. The minimum Gasteiger partial charge on any atom is -0.369 e. The first-order valence-electron chi connectivity index (χ1n) is 12.9. The van der Waals surface area contributed by atoms with Crippen LogP contribution in [0.3, 0.4) is 0 Å². The van der Waals surface area contributed by atoms with Gasteiger partial charge in [0, 0.05) is 74.4 Å². The molecule has 9 nitrogen and oxygen atoms in total. The first-order valence-corrected chi connectivity index (χ1v) is 14.3. The molecule has 4 aromatic rings. The average Bonchev–Trinajstić information content (AvgIpc) is 3.38. The highest BCUT2D eigenvalue weighted by Gasteiger charge is 2.27. The maximum atomic E-state index is 15.4. The summed E-state index contributed by atoms with van der Waals surface area (Å²) in [5.74, 6) is -3.33. The van der Waals surface area contributed by atoms with Gasteiger partial charge in [0.25, 0.3) is 0 Å². The zero-order valence-corrected chi connectivity index (χ0v) is 23.2. The Morgan fingerprint density at radius 1 is 1.15 bits per heavy atom. The number of aromatic nitrogens is 2. The number of fused-ring (bicyclic) bond motifs is 1. The van der Waals surface area contributed by atoms with E-state index in [-0.39, 0.29) is 12.1 Å². The lowest BCUT2D eigenvalue weighted by molar-refractivity contribution is 0.103. The molecular formula is C28H30F2N6O3S. The molecule has 0 saturated carbocycles. The molecule has 3 N–H and O–H groups in total. The van der Waals surface area contributed by atoms with Crippen molar-refractivity contribution in [2.24, 2.45) is 0 Å². The van der Waals surface area contributed by atoms with Crippen LogP contribution in [0, 0.1) is 18.6 Å². The number of aryl methyl sites for hydroxylation is 1. The Bertz CT molecular complexity index is 1700. The van der Waals surface area contributed by atoms with E-state index in [2.05, 4.69) is 31.0 Å². The molecule has 3 heterocycles. The predicted octanol–water partition coefficient (Wildman–Crippen LogP) is 4.07. The number of H-pyrrole nitrogens is 1. The van der Waals surface area contributed by atoms with Crippen LogP contribution in [0.4, 0.5) is 20.2 Å². The molecule has 0 radical (unpaired) electrons. The Labute approximate surface area is 231 Å². The van der Waals surface area contributed by atoms with E-state index in [4.69, 9.17) is 0 Å². The van der Waals surface area contributed by atoms with Crippen LogP contribution >= 0.6 is 0 Å². The normalized spacial score (nSPS) is 14.2. The van der Waals surface area contributed by atoms with Crippen molar-refractivity contribution in [3.8, 4) is 11.1 Å². The van der Waals surface area contributed by atoms with Gasteiger partial charge >= 0.3 is 10.2 Å². The van der Waals surface area contributed by atoms with Gasteiger partial charge in [-0.2, -0.15) is 12.7 Å². The van der Waals surface area contributed by atoms with Gasteiger partial charge in [-0.15, -0.1) is 0 Å². The highest BCUT2D eigenvalue weighted by Crippen LogP contribution is 2.32. The number of benzene rings is 2. The fourth-order valence-corrected chi connectivity index (χ4v) is 5.72. The average molecular weight is 569 g/mol. The van der Waals surface area contributed by atoms with Crippen LogP contribution in [-0.4, -0.2) is 68.2 Å². The van der Waals surface area contributed by atoms with Crippen molar-refractivity contribution in [3.63, 3.8) is 0 Å². The monoisotopic (exact) mass is 568 g/mol. The van der Waals surface area contributed by atoms with Gasteiger partial charge in [0.2, 0.25) is 5.78 Å². The number of halogens is 2. The van der Waals surface area contributed by atoms with Gasteiger partial charge in [0.05, 0.1) is 11.3 Å². The number of hydrogen-bond donors (Lipinski definition) is 3. The van der Waals surface area contributed by atoms with Crippen LogP contribution in [0.2, 0.25) is 0 Å². The molecular weight excluding hydrogens is 538 g/mol. The third-order valence-electron chi connectivity index (χ3n) is 7.19. The van der Waals surface area contributed by atoms with Crippen LogP contribution in [0.1, 0.15) is 28.4 Å². The third kappa shape index (κ3) is 5.17. The maximum Gasteiger partial charge on any atom is 0.301 e. The number of nitrogens with zero attached hydrogens (tertiary/aromatic N) is 3. The van der Waals surface area contributed by atoms with Gasteiger partial charge in [-0.05, 0) is 48.4 Å². The fraction of sp³-hybridized carbons (Fsp3) is 0.286. The number of carbonyl (C=O) groups excluding carboxylic acids is 1. The number of rotatable bonds is 8. The highest BCUT2D eigenvalue weighted by atomic mass is 32.2. The molecule has 1 fully saturated rings. The Hall–Kier alpha value is -3.87. The Morgan fingerprint density at radius 2 is 1.90 bits per heavy atom. The van der Waals surface area contributed by atoms with Crippen molar-refractivity contribution in [1.82, 2.24) is 19.6 Å². The SMILES string of the molecule is CCN(C)S(=O)(=O)Nc1ccc(F)c(C(=O)c2c[nH]c3ncc(-c4ccc(N5CCNCC5)cc4C)cc23)c1F. The summed E-state index contributed by atoms with van der Waals surface area (Å²) in [5.41, 5.74) is 2.83. The number of anilines is 2. The number of pyridine rings is 1. The summed E-state index contributed by atoms with van der Waals surface area (Å²) >= 11 is 0. The van der Waals surface area contributed by atoms with Crippen molar-refractivity contribution >= 4 is 38.4 Å². The standard InChI is InChI=1S/C28H30F2N6O3S/c1-4-35(3)40(38,39)34-24-8-7-23(29)25(26(24)30)27(37)22-16-33-28-21(22)14-18(15-32-28)20-6-5-19(13-17(20)2)36-11-9-31-10-12-36/h5-8,13-16,31,34H,4,9-12H2,1-3H3,(H,32,33). The van der Waals surface area contributed by atoms with Gasteiger partial charge in [-0.25, -0.2) is 13.8 Å². The van der Waals surface area contributed by atoms with Gasteiger partial charge in [-0.3, -0.25) is 9.52 Å². The molecule has 0 unspecified atom stereocenters. The van der Waals surface area contributed by atoms with Crippen LogP contribution in [-0.2, 0) is 10.2 Å². The molecule has 210 valence electrons. The molecule has 12 heteroatoms. The van der Waals surface area contributed by atoms with Crippen LogP contribution in [0.5, 0.6) is 0 Å². The molecule has 0 amide bonds. The van der Waals surface area contributed by atoms with Crippen LogP contribution in [0.15, 0.2) is 48.8 Å². The number of aromatic amines is 1. The summed E-state index contributed by atoms with van der Waals surface area (Å²) in [6.07, 6.45) is 3.03. The van der Waals surface area contributed by atoms with E-state index in [0.717, 1.165) is 65.0 Å². The summed E-state index contributed by atoms with van der Waals surface area (Å²) in [6, 6.07) is 9.74. The van der Waals surface area contributed by atoms with Gasteiger partial charge in [0.1, 0.15) is 11.5 Å². The lowest BCUT2D eigenvalue weighted by Gasteiger charge is -2.30. The lowest BCUT2D eigenvalue weighted by Crippen LogP contribution is -2.43. The second-order valence-corrected chi connectivity index (χ2v) is 11.5. The number of nitrogens with one attached hydrogen (secondary N) is 3. The zero-order valence-electron chi connectivity index (χ0n) is 22.4. The Kier molecular flexibility index (Phi) is 7.58. The van der Waals surface area contributed by atoms with Crippen molar-refractivity contribution in [3.05, 3.63) is 77.1 Å². The summed E-state index contributed by atoms with van der Waals surface area (Å²) < 4.78 is 58.1. The van der Waals surface area contributed by atoms with E-state index < -0.39 is 38.9 Å². The highest BCUT2D eigenvalue weighted by molar-refractivity contribution is 7.90. The second-order valence-electron chi connectivity index (χ2n) is 9.69. The van der Waals surface area contributed by atoms with E-state index in [1.165, 1.54) is 13.2 Å². The summed E-state index contributed by atoms with van der Waals surface area (Å²) in [5, 5.41) is 3.74. The molecule has 0 atom stereocenters. The van der Waals surface area contributed by atoms with Crippen LogP contribution < -0.4 is 14.9 Å². The van der Waals surface area contributed by atoms with E-state index in [9.17, 15) is 17.6 Å². The third-order valence-corrected chi connectivity index (χ3v) is 8.75. The molecule has 2 aromatic heterocycles. The smallest absolute Gasteiger partial charge is 0.301 e. The zero-order chi connectivity index (χ0) is 28.6. The van der Waals surface area contributed by atoms with Crippen molar-refractivity contribution in [2.75, 3.05) is 49.4 Å². The van der Waals surface area contributed by atoms with Crippen LogP contribution in [0.25, 0.3) is 22.2 Å². The predicted molar refractivity (Wildman–Crippen MR) is 152 cm³/mol. The van der Waals surface area contributed by atoms with Crippen molar-refractivity contribution in [1.29, 1.82) is 0 Å². The molecule has 0 bridgehead atoms. The summed E-state index contributed by atoms with van der Waals surface area (Å²) in [4.78, 5) is 23.1. The van der Waals surface area contributed by atoms with Crippen molar-refractivity contribution < 1.29 is 22.0 Å². The van der Waals surface area contributed by atoms with E-state index in [0.29, 0.717) is 11.0 Å². The topological polar surface area (TPSA) is 110 Å². The van der Waals surface area contributed by atoms with E-state index in [1.807, 2.05) is 19.1 Å². The number of ketones is 1. The Morgan fingerprint density at radius 3 is 2.60 bits per heavy atom. The van der Waals surface area contributed by atoms with Gasteiger partial charge < -0.3 is 15.2 Å². The number of hydrogen-bond acceptors (Lipinski definition) is 6. The quantitative estimate of drug-likeness (QED) is 0.277. The molecule has 0 aliphatic carbocycles. The molecule has 2 aromatic carbocycles. The molecule has 1 aliphatic rings. The first kappa shape index (κ1) is 27.7. The van der Waals surface area contributed by atoms with Crippen molar-refractivity contribution in [2.45, 2.75) is 13.8 Å². The number of carbonyl (C=O) groups is 1. The molecule has 40 heavy (non-hydrogen) atoms. The van der Waals surface area contributed by atoms with E-state index in [1.54, 1.807) is 19.2 Å². The maximum absolute atomic E-state index is 15.4.